The zero-order valence-electron chi connectivity index (χ0n) is 12.8. The predicted octanol–water partition coefficient (Wildman–Crippen LogP) is 4.76. The lowest BCUT2D eigenvalue weighted by Crippen LogP contribution is -2.43. The molecule has 2 aliphatic carbocycles. The minimum Gasteiger partial charge on any atom is -0.311 e. The molecule has 2 fully saturated rings. The van der Waals surface area contributed by atoms with Gasteiger partial charge in [0.2, 0.25) is 0 Å². The molecule has 0 spiro atoms. The Labute approximate surface area is 114 Å². The summed E-state index contributed by atoms with van der Waals surface area (Å²) < 4.78 is 0. The third kappa shape index (κ3) is 4.57. The summed E-state index contributed by atoms with van der Waals surface area (Å²) in [7, 11) is 0. The molecule has 0 amide bonds. The van der Waals surface area contributed by atoms with Crippen LogP contribution < -0.4 is 5.32 Å². The number of rotatable bonds is 4. The van der Waals surface area contributed by atoms with Crippen molar-refractivity contribution in [1.29, 1.82) is 0 Å². The Balaban J connectivity index is 1.74. The van der Waals surface area contributed by atoms with Gasteiger partial charge < -0.3 is 5.32 Å². The lowest BCUT2D eigenvalue weighted by molar-refractivity contribution is 0.211. The van der Waals surface area contributed by atoms with E-state index in [2.05, 4.69) is 26.1 Å². The van der Waals surface area contributed by atoms with Crippen molar-refractivity contribution in [3.8, 4) is 0 Å². The van der Waals surface area contributed by atoms with Gasteiger partial charge in [-0.25, -0.2) is 0 Å². The Morgan fingerprint density at radius 1 is 0.944 bits per heavy atom. The molecule has 106 valence electrons. The van der Waals surface area contributed by atoms with Crippen molar-refractivity contribution in [3.63, 3.8) is 0 Å². The van der Waals surface area contributed by atoms with E-state index in [9.17, 15) is 0 Å². The van der Waals surface area contributed by atoms with Crippen LogP contribution in [-0.4, -0.2) is 12.1 Å². The van der Waals surface area contributed by atoms with E-state index in [-0.39, 0.29) is 0 Å². The Morgan fingerprint density at radius 3 is 2.28 bits per heavy atom. The summed E-state index contributed by atoms with van der Waals surface area (Å²) in [5.41, 5.74) is 0. The van der Waals surface area contributed by atoms with Gasteiger partial charge >= 0.3 is 0 Å². The van der Waals surface area contributed by atoms with Crippen LogP contribution in [0.4, 0.5) is 0 Å². The highest BCUT2D eigenvalue weighted by Gasteiger charge is 2.26. The zero-order valence-corrected chi connectivity index (χ0v) is 12.8. The summed E-state index contributed by atoms with van der Waals surface area (Å²) in [4.78, 5) is 0. The Morgan fingerprint density at radius 2 is 1.61 bits per heavy atom. The average molecular weight is 251 g/mol. The van der Waals surface area contributed by atoms with Gasteiger partial charge in [0.1, 0.15) is 0 Å². The molecule has 0 aromatic heterocycles. The first-order valence-corrected chi connectivity index (χ1v) is 8.39. The molecule has 1 heteroatoms. The molecule has 0 bridgehead atoms. The van der Waals surface area contributed by atoms with Crippen LogP contribution in [0.15, 0.2) is 0 Å². The number of nitrogens with one attached hydrogen (secondary N) is 1. The maximum Gasteiger partial charge on any atom is 0.00722 e. The Bertz CT molecular complexity index is 236. The minimum absolute atomic E-state index is 0.830. The van der Waals surface area contributed by atoms with Gasteiger partial charge in [-0.15, -0.1) is 0 Å². The Hall–Kier alpha value is -0.0400. The van der Waals surface area contributed by atoms with E-state index in [1.54, 1.807) is 0 Å². The highest BCUT2D eigenvalue weighted by Crippen LogP contribution is 2.31. The first-order valence-electron chi connectivity index (χ1n) is 8.39. The molecule has 2 rings (SSSR count). The molecule has 0 saturated heterocycles. The van der Waals surface area contributed by atoms with Gasteiger partial charge in [-0.2, -0.15) is 0 Å². The molecule has 4 unspecified atom stereocenters. The lowest BCUT2D eigenvalue weighted by atomic mass is 9.80. The highest BCUT2D eigenvalue weighted by molar-refractivity contribution is 4.84. The van der Waals surface area contributed by atoms with Crippen LogP contribution in [0.3, 0.4) is 0 Å². The van der Waals surface area contributed by atoms with Gasteiger partial charge in [-0.1, -0.05) is 46.5 Å². The minimum atomic E-state index is 0.830. The van der Waals surface area contributed by atoms with Crippen molar-refractivity contribution in [2.75, 3.05) is 0 Å². The molecule has 2 saturated carbocycles. The van der Waals surface area contributed by atoms with E-state index in [0.717, 1.165) is 29.8 Å². The normalized spacial score (nSPS) is 38.0. The van der Waals surface area contributed by atoms with E-state index < -0.39 is 0 Å². The van der Waals surface area contributed by atoms with Crippen LogP contribution in [0.25, 0.3) is 0 Å². The fourth-order valence-corrected chi connectivity index (χ4v) is 4.24. The van der Waals surface area contributed by atoms with Gasteiger partial charge in [0, 0.05) is 12.1 Å². The first kappa shape index (κ1) is 14.4. The summed E-state index contributed by atoms with van der Waals surface area (Å²) in [6, 6.07) is 1.66. The molecule has 2 aliphatic rings. The van der Waals surface area contributed by atoms with Crippen molar-refractivity contribution in [3.05, 3.63) is 0 Å². The van der Waals surface area contributed by atoms with Gasteiger partial charge in [-0.3, -0.25) is 0 Å². The number of hydrogen-bond donors (Lipinski definition) is 1. The smallest absolute Gasteiger partial charge is 0.00722 e. The maximum atomic E-state index is 3.99. The molecule has 18 heavy (non-hydrogen) atoms. The van der Waals surface area contributed by atoms with Crippen LogP contribution >= 0.6 is 0 Å². The van der Waals surface area contributed by atoms with Crippen molar-refractivity contribution >= 4 is 0 Å². The van der Waals surface area contributed by atoms with Crippen molar-refractivity contribution in [2.45, 2.75) is 90.6 Å². The van der Waals surface area contributed by atoms with Crippen LogP contribution in [0, 0.1) is 17.8 Å². The van der Waals surface area contributed by atoms with Gasteiger partial charge in [0.15, 0.2) is 0 Å². The third-order valence-electron chi connectivity index (χ3n) is 5.00. The molecule has 0 aromatic carbocycles. The largest absolute Gasteiger partial charge is 0.311 e. The molecule has 0 radical (unpaired) electrons. The standard InChI is InChI=1S/C17H33N/c1-13(2)10-15-7-5-9-17(12-15)18-16-8-4-6-14(3)11-16/h13-18H,4-12H2,1-3H3. The molecule has 4 atom stereocenters. The molecule has 0 aliphatic heterocycles. The van der Waals surface area contributed by atoms with Gasteiger partial charge in [0.05, 0.1) is 0 Å². The fraction of sp³-hybridized carbons (Fsp3) is 1.00. The second kappa shape index (κ2) is 6.93. The van der Waals surface area contributed by atoms with Crippen LogP contribution in [0.5, 0.6) is 0 Å². The van der Waals surface area contributed by atoms with Gasteiger partial charge in [0.25, 0.3) is 0 Å². The molecule has 1 N–H and O–H groups in total. The summed E-state index contributed by atoms with van der Waals surface area (Å²) >= 11 is 0. The summed E-state index contributed by atoms with van der Waals surface area (Å²) in [6.45, 7) is 7.18. The summed E-state index contributed by atoms with van der Waals surface area (Å²) in [6.07, 6.45) is 13.0. The topological polar surface area (TPSA) is 12.0 Å². The SMILES string of the molecule is CC(C)CC1CCCC(NC2CCCC(C)C2)C1. The molecule has 0 heterocycles. The Kier molecular flexibility index (Phi) is 5.54. The van der Waals surface area contributed by atoms with Gasteiger partial charge in [-0.05, 0) is 49.9 Å². The first-order chi connectivity index (χ1) is 8.63. The fourth-order valence-electron chi connectivity index (χ4n) is 4.24. The number of hydrogen-bond acceptors (Lipinski definition) is 1. The van der Waals surface area contributed by atoms with Crippen molar-refractivity contribution in [1.82, 2.24) is 5.32 Å². The summed E-state index contributed by atoms with van der Waals surface area (Å²) in [5, 5.41) is 3.99. The molecule has 1 nitrogen and oxygen atoms in total. The summed E-state index contributed by atoms with van der Waals surface area (Å²) in [5.74, 6) is 2.83. The maximum absolute atomic E-state index is 3.99. The van der Waals surface area contributed by atoms with Crippen molar-refractivity contribution in [2.24, 2.45) is 17.8 Å². The third-order valence-corrected chi connectivity index (χ3v) is 5.00. The monoisotopic (exact) mass is 251 g/mol. The van der Waals surface area contributed by atoms with Crippen molar-refractivity contribution < 1.29 is 0 Å². The van der Waals surface area contributed by atoms with E-state index >= 15 is 0 Å². The second-order valence-corrected chi connectivity index (χ2v) is 7.49. The highest BCUT2D eigenvalue weighted by atomic mass is 15.0. The predicted molar refractivity (Wildman–Crippen MR) is 79.8 cm³/mol. The second-order valence-electron chi connectivity index (χ2n) is 7.49. The van der Waals surface area contributed by atoms with Crippen LogP contribution in [0.2, 0.25) is 0 Å². The van der Waals surface area contributed by atoms with E-state index in [1.807, 2.05) is 0 Å². The van der Waals surface area contributed by atoms with E-state index in [1.165, 1.54) is 57.8 Å². The van der Waals surface area contributed by atoms with Crippen LogP contribution in [0.1, 0.15) is 78.6 Å². The van der Waals surface area contributed by atoms with E-state index in [4.69, 9.17) is 0 Å². The van der Waals surface area contributed by atoms with Crippen LogP contribution in [-0.2, 0) is 0 Å². The lowest BCUT2D eigenvalue weighted by Gasteiger charge is -2.36. The quantitative estimate of drug-likeness (QED) is 0.759. The zero-order chi connectivity index (χ0) is 13.0. The molecular formula is C17H33N. The molecule has 0 aromatic rings. The van der Waals surface area contributed by atoms with E-state index in [0.29, 0.717) is 0 Å². The molecular weight excluding hydrogens is 218 g/mol. The average Bonchev–Trinajstić information content (AvgIpc) is 2.28.